The minimum atomic E-state index is -4.23. The molecule has 0 saturated heterocycles. The summed E-state index contributed by atoms with van der Waals surface area (Å²) in [5.74, 6) is 0.196. The lowest BCUT2D eigenvalue weighted by molar-refractivity contribution is -0.131. The van der Waals surface area contributed by atoms with Crippen LogP contribution in [0.4, 0.5) is 19.0 Å². The van der Waals surface area contributed by atoms with Gasteiger partial charge in [0.05, 0.1) is 6.42 Å². The van der Waals surface area contributed by atoms with E-state index in [2.05, 4.69) is 10.3 Å². The molecular weight excluding hydrogens is 283 g/mol. The number of pyridine rings is 1. The Morgan fingerprint density at radius 2 is 1.95 bits per heavy atom. The average Bonchev–Trinajstić information content (AvgIpc) is 2.27. The molecule has 1 heterocycles. The van der Waals surface area contributed by atoms with E-state index in [-0.39, 0.29) is 17.3 Å². The first kappa shape index (κ1) is 15.7. The zero-order chi connectivity index (χ0) is 14.7. The van der Waals surface area contributed by atoms with Crippen molar-refractivity contribution in [2.45, 2.75) is 17.5 Å². The molecule has 0 spiro atoms. The monoisotopic (exact) mass is 297 g/mol. The molecule has 19 heavy (non-hydrogen) atoms. The molecule has 0 radical (unpaired) electrons. The van der Waals surface area contributed by atoms with Gasteiger partial charge in [0.15, 0.2) is 0 Å². The Balaban J connectivity index is 2.68. The molecule has 108 valence electrons. The minimum absolute atomic E-state index is 0.0149. The van der Waals surface area contributed by atoms with Gasteiger partial charge >= 0.3 is 6.18 Å². The Labute approximate surface area is 109 Å². The molecule has 0 fully saturated rings. The summed E-state index contributed by atoms with van der Waals surface area (Å²) in [5, 5.41) is 2.47. The molecule has 0 aliphatic rings. The second-order valence-electron chi connectivity index (χ2n) is 3.96. The number of sulfonamides is 1. The smallest absolute Gasteiger partial charge is 0.370 e. The van der Waals surface area contributed by atoms with E-state index >= 15 is 0 Å². The molecule has 9 heteroatoms. The molecule has 0 aliphatic carbocycles. The number of nitrogens with zero attached hydrogens (tertiary/aromatic N) is 2. The van der Waals surface area contributed by atoms with Gasteiger partial charge in [-0.15, -0.1) is 0 Å². The van der Waals surface area contributed by atoms with Crippen LogP contribution in [0.2, 0.25) is 0 Å². The summed E-state index contributed by atoms with van der Waals surface area (Å²) >= 11 is 0. The highest BCUT2D eigenvalue weighted by molar-refractivity contribution is 7.89. The number of hydrogen-bond donors (Lipinski definition) is 1. The number of alkyl halides is 3. The third kappa shape index (κ3) is 4.67. The van der Waals surface area contributed by atoms with Crippen molar-refractivity contribution in [3.63, 3.8) is 0 Å². The van der Waals surface area contributed by atoms with E-state index in [0.29, 0.717) is 0 Å². The highest BCUT2D eigenvalue weighted by atomic mass is 32.2. The number of halogens is 3. The summed E-state index contributed by atoms with van der Waals surface area (Å²) in [6.45, 7) is -0.309. The van der Waals surface area contributed by atoms with Crippen molar-refractivity contribution < 1.29 is 21.6 Å². The predicted molar refractivity (Wildman–Crippen MR) is 64.3 cm³/mol. The SMILES string of the molecule is CN(C)S(=O)(=O)c1ccc(NCCC(F)(F)F)nc1. The Kier molecular flexibility index (Phi) is 4.75. The topological polar surface area (TPSA) is 62.3 Å². The molecule has 1 N–H and O–H groups in total. The Bertz CT molecular complexity index is 512. The van der Waals surface area contributed by atoms with E-state index in [9.17, 15) is 21.6 Å². The van der Waals surface area contributed by atoms with Crippen LogP contribution in [0.25, 0.3) is 0 Å². The fourth-order valence-electron chi connectivity index (χ4n) is 1.18. The lowest BCUT2D eigenvalue weighted by Gasteiger charge is -2.12. The van der Waals surface area contributed by atoms with Crippen LogP contribution in [0, 0.1) is 0 Å². The van der Waals surface area contributed by atoms with Gasteiger partial charge in [0.25, 0.3) is 0 Å². The fraction of sp³-hybridized carbons (Fsp3) is 0.500. The summed E-state index contributed by atoms with van der Waals surface area (Å²) in [7, 11) is -0.815. The number of aromatic nitrogens is 1. The molecule has 0 saturated carbocycles. The maximum absolute atomic E-state index is 11.9. The molecule has 1 rings (SSSR count). The van der Waals surface area contributed by atoms with Crippen LogP contribution in [0.3, 0.4) is 0 Å². The molecule has 0 bridgehead atoms. The molecule has 0 aliphatic heterocycles. The molecule has 0 amide bonds. The van der Waals surface area contributed by atoms with Crippen LogP contribution in [0.15, 0.2) is 23.2 Å². The number of anilines is 1. The molecule has 0 unspecified atom stereocenters. The summed E-state index contributed by atoms with van der Waals surface area (Å²) in [4.78, 5) is 3.75. The third-order valence-electron chi connectivity index (χ3n) is 2.23. The first-order chi connectivity index (χ1) is 8.63. The first-order valence-electron chi connectivity index (χ1n) is 5.32. The highest BCUT2D eigenvalue weighted by Gasteiger charge is 2.26. The minimum Gasteiger partial charge on any atom is -0.370 e. The first-order valence-corrected chi connectivity index (χ1v) is 6.76. The number of nitrogens with one attached hydrogen (secondary N) is 1. The molecule has 0 atom stereocenters. The van der Waals surface area contributed by atoms with E-state index < -0.39 is 22.6 Å². The molecule has 5 nitrogen and oxygen atoms in total. The van der Waals surface area contributed by atoms with Gasteiger partial charge in [-0.1, -0.05) is 0 Å². The molecular formula is C10H14F3N3O2S. The van der Waals surface area contributed by atoms with Gasteiger partial charge in [0, 0.05) is 26.8 Å². The average molecular weight is 297 g/mol. The predicted octanol–water partition coefficient (Wildman–Crippen LogP) is 1.70. The van der Waals surface area contributed by atoms with Crippen LogP contribution < -0.4 is 5.32 Å². The van der Waals surface area contributed by atoms with Crippen LogP contribution in [0.5, 0.6) is 0 Å². The van der Waals surface area contributed by atoms with Crippen LogP contribution in [-0.2, 0) is 10.0 Å². The maximum atomic E-state index is 11.9. The zero-order valence-corrected chi connectivity index (χ0v) is 11.2. The lowest BCUT2D eigenvalue weighted by Crippen LogP contribution is -2.22. The van der Waals surface area contributed by atoms with Crippen LogP contribution >= 0.6 is 0 Å². The van der Waals surface area contributed by atoms with Gasteiger partial charge in [0.2, 0.25) is 10.0 Å². The van der Waals surface area contributed by atoms with Gasteiger partial charge in [-0.3, -0.25) is 0 Å². The van der Waals surface area contributed by atoms with Gasteiger partial charge in [-0.25, -0.2) is 17.7 Å². The van der Waals surface area contributed by atoms with E-state index in [1.165, 1.54) is 26.2 Å². The Hall–Kier alpha value is -1.35. The van der Waals surface area contributed by atoms with E-state index in [4.69, 9.17) is 0 Å². The van der Waals surface area contributed by atoms with Crippen molar-refractivity contribution in [3.05, 3.63) is 18.3 Å². The van der Waals surface area contributed by atoms with Crippen molar-refractivity contribution in [3.8, 4) is 0 Å². The van der Waals surface area contributed by atoms with Gasteiger partial charge in [-0.2, -0.15) is 13.2 Å². The summed E-state index contributed by atoms with van der Waals surface area (Å²) in [6.07, 6.45) is -4.11. The van der Waals surface area contributed by atoms with E-state index in [1.54, 1.807) is 0 Å². The number of rotatable bonds is 5. The van der Waals surface area contributed by atoms with Gasteiger partial charge < -0.3 is 5.32 Å². The van der Waals surface area contributed by atoms with Crippen molar-refractivity contribution in [1.82, 2.24) is 9.29 Å². The zero-order valence-electron chi connectivity index (χ0n) is 10.4. The van der Waals surface area contributed by atoms with E-state index in [1.807, 2.05) is 0 Å². The van der Waals surface area contributed by atoms with Crippen molar-refractivity contribution in [1.29, 1.82) is 0 Å². The van der Waals surface area contributed by atoms with Gasteiger partial charge in [-0.05, 0) is 12.1 Å². The number of hydrogen-bond acceptors (Lipinski definition) is 4. The maximum Gasteiger partial charge on any atom is 0.390 e. The highest BCUT2D eigenvalue weighted by Crippen LogP contribution is 2.19. The van der Waals surface area contributed by atoms with E-state index in [0.717, 1.165) is 10.5 Å². The summed E-state index contributed by atoms with van der Waals surface area (Å²) < 4.78 is 60.2. The normalized spacial score (nSPS) is 12.7. The quantitative estimate of drug-likeness (QED) is 0.898. The Morgan fingerprint density at radius 3 is 2.37 bits per heavy atom. The fourth-order valence-corrected chi connectivity index (χ4v) is 2.03. The third-order valence-corrected chi connectivity index (χ3v) is 4.03. The Morgan fingerprint density at radius 1 is 1.32 bits per heavy atom. The summed E-state index contributed by atoms with van der Waals surface area (Å²) in [5.41, 5.74) is 0. The standard InChI is InChI=1S/C10H14F3N3O2S/c1-16(2)19(17,18)8-3-4-9(15-7-8)14-6-5-10(11,12)13/h3-4,7H,5-6H2,1-2H3,(H,14,15). The second kappa shape index (κ2) is 5.74. The largest absolute Gasteiger partial charge is 0.390 e. The van der Waals surface area contributed by atoms with Crippen LogP contribution in [-0.4, -0.2) is 44.5 Å². The second-order valence-corrected chi connectivity index (χ2v) is 6.11. The lowest BCUT2D eigenvalue weighted by atomic mass is 10.4. The van der Waals surface area contributed by atoms with Crippen molar-refractivity contribution >= 4 is 15.8 Å². The summed E-state index contributed by atoms with van der Waals surface area (Å²) in [6, 6.07) is 2.62. The molecule has 1 aromatic heterocycles. The molecule has 0 aromatic carbocycles. The van der Waals surface area contributed by atoms with Crippen molar-refractivity contribution in [2.24, 2.45) is 0 Å². The van der Waals surface area contributed by atoms with Gasteiger partial charge in [0.1, 0.15) is 10.7 Å². The van der Waals surface area contributed by atoms with Crippen molar-refractivity contribution in [2.75, 3.05) is 26.0 Å². The van der Waals surface area contributed by atoms with Crippen LogP contribution in [0.1, 0.15) is 6.42 Å². The molecule has 1 aromatic rings.